The van der Waals surface area contributed by atoms with E-state index in [9.17, 15) is 0 Å². The van der Waals surface area contributed by atoms with E-state index >= 15 is 0 Å². The molecule has 0 radical (unpaired) electrons. The van der Waals surface area contributed by atoms with Gasteiger partial charge in [-0.15, -0.1) is 0 Å². The average Bonchev–Trinajstić information content (AvgIpc) is 2.05. The van der Waals surface area contributed by atoms with Crippen LogP contribution in [0, 0.1) is 0 Å². The van der Waals surface area contributed by atoms with E-state index in [1.54, 1.807) is 0 Å². The predicted molar refractivity (Wildman–Crippen MR) is 57.3 cm³/mol. The minimum atomic E-state index is 0.163. The van der Waals surface area contributed by atoms with E-state index in [0.29, 0.717) is 13.1 Å². The fraction of sp³-hybridized carbons (Fsp3) is 1.00. The molecule has 14 heavy (non-hydrogen) atoms. The Morgan fingerprint density at radius 3 is 1.21 bits per heavy atom. The molecule has 3 N–H and O–H groups in total. The highest BCUT2D eigenvalue weighted by atomic mass is 16.3. The SMILES string of the molecule is CN(C)CCO.CN(CCO)CCO. The van der Waals surface area contributed by atoms with E-state index in [4.69, 9.17) is 15.3 Å². The van der Waals surface area contributed by atoms with Gasteiger partial charge in [0.25, 0.3) is 0 Å². The Morgan fingerprint density at radius 1 is 0.714 bits per heavy atom. The molecule has 0 aromatic heterocycles. The zero-order valence-corrected chi connectivity index (χ0v) is 9.48. The number of rotatable bonds is 6. The van der Waals surface area contributed by atoms with Crippen LogP contribution < -0.4 is 0 Å². The number of likely N-dealkylation sites (N-methyl/N-ethyl adjacent to an activating group) is 2. The maximum atomic E-state index is 8.34. The molecule has 0 spiro atoms. The van der Waals surface area contributed by atoms with Crippen LogP contribution in [0.1, 0.15) is 0 Å². The summed E-state index contributed by atoms with van der Waals surface area (Å²) >= 11 is 0. The summed E-state index contributed by atoms with van der Waals surface area (Å²) in [5, 5.41) is 24.9. The highest BCUT2D eigenvalue weighted by Crippen LogP contribution is 1.76. The van der Waals surface area contributed by atoms with Crippen LogP contribution >= 0.6 is 0 Å². The maximum absolute atomic E-state index is 8.34. The Hall–Kier alpha value is -0.200. The second kappa shape index (κ2) is 12.8. The van der Waals surface area contributed by atoms with Gasteiger partial charge in [0.15, 0.2) is 0 Å². The third-order valence-corrected chi connectivity index (χ3v) is 1.51. The Labute approximate surface area is 86.6 Å². The lowest BCUT2D eigenvalue weighted by Crippen LogP contribution is -2.25. The van der Waals surface area contributed by atoms with Gasteiger partial charge in [-0.1, -0.05) is 0 Å². The predicted octanol–water partition coefficient (Wildman–Crippen LogP) is -1.56. The van der Waals surface area contributed by atoms with Gasteiger partial charge in [-0.2, -0.15) is 0 Å². The van der Waals surface area contributed by atoms with E-state index in [1.807, 2.05) is 30.9 Å². The van der Waals surface area contributed by atoms with Crippen molar-refractivity contribution in [3.63, 3.8) is 0 Å². The van der Waals surface area contributed by atoms with Crippen LogP contribution in [0.15, 0.2) is 0 Å². The first-order valence-electron chi connectivity index (χ1n) is 4.74. The van der Waals surface area contributed by atoms with Crippen molar-refractivity contribution < 1.29 is 15.3 Å². The van der Waals surface area contributed by atoms with Crippen molar-refractivity contribution in [1.29, 1.82) is 0 Å². The van der Waals surface area contributed by atoms with Gasteiger partial charge >= 0.3 is 0 Å². The molecule has 5 nitrogen and oxygen atoms in total. The number of hydrogen-bond donors (Lipinski definition) is 3. The first kappa shape index (κ1) is 16.2. The molecule has 0 aliphatic carbocycles. The molecule has 0 aliphatic rings. The highest BCUT2D eigenvalue weighted by Gasteiger charge is 1.91. The molecule has 0 aromatic rings. The molecule has 88 valence electrons. The van der Waals surface area contributed by atoms with Gasteiger partial charge in [0.05, 0.1) is 19.8 Å². The number of nitrogens with zero attached hydrogens (tertiary/aromatic N) is 2. The zero-order valence-electron chi connectivity index (χ0n) is 9.48. The number of aliphatic hydroxyl groups is 3. The highest BCUT2D eigenvalue weighted by molar-refractivity contribution is 4.45. The van der Waals surface area contributed by atoms with Crippen molar-refractivity contribution >= 4 is 0 Å². The summed E-state index contributed by atoms with van der Waals surface area (Å²) in [6, 6.07) is 0. The molecule has 0 amide bonds. The maximum Gasteiger partial charge on any atom is 0.0558 e. The Balaban J connectivity index is 0. The van der Waals surface area contributed by atoms with Gasteiger partial charge in [-0.25, -0.2) is 0 Å². The van der Waals surface area contributed by atoms with Crippen LogP contribution in [0.4, 0.5) is 0 Å². The third-order valence-electron chi connectivity index (χ3n) is 1.51. The smallest absolute Gasteiger partial charge is 0.0558 e. The van der Waals surface area contributed by atoms with Crippen molar-refractivity contribution in [2.45, 2.75) is 0 Å². The topological polar surface area (TPSA) is 67.2 Å². The lowest BCUT2D eigenvalue weighted by atomic mass is 10.5. The van der Waals surface area contributed by atoms with Crippen LogP contribution in [0.3, 0.4) is 0 Å². The molecule has 0 rings (SSSR count). The molecule has 0 aromatic carbocycles. The normalized spacial score (nSPS) is 10.3. The molecule has 0 atom stereocenters. The molecule has 0 fully saturated rings. The summed E-state index contributed by atoms with van der Waals surface area (Å²) < 4.78 is 0. The number of aliphatic hydroxyl groups excluding tert-OH is 3. The molecule has 0 bridgehead atoms. The summed E-state index contributed by atoms with van der Waals surface area (Å²) in [5.74, 6) is 0. The van der Waals surface area contributed by atoms with Crippen molar-refractivity contribution in [2.75, 3.05) is 60.6 Å². The lowest BCUT2D eigenvalue weighted by molar-refractivity contribution is 0.184. The van der Waals surface area contributed by atoms with Crippen LogP contribution in [-0.4, -0.2) is 85.7 Å². The Kier molecular flexibility index (Phi) is 14.8. The minimum absolute atomic E-state index is 0.163. The summed E-state index contributed by atoms with van der Waals surface area (Å²) in [6.07, 6.45) is 0. The molecule has 0 saturated heterocycles. The van der Waals surface area contributed by atoms with E-state index in [1.165, 1.54) is 0 Å². The van der Waals surface area contributed by atoms with E-state index in [0.717, 1.165) is 6.54 Å². The van der Waals surface area contributed by atoms with Gasteiger partial charge in [0.1, 0.15) is 0 Å². The van der Waals surface area contributed by atoms with Gasteiger partial charge < -0.3 is 25.1 Å². The quantitative estimate of drug-likeness (QED) is 0.493. The second-order valence-corrected chi connectivity index (χ2v) is 3.28. The largest absolute Gasteiger partial charge is 0.395 e. The monoisotopic (exact) mass is 208 g/mol. The van der Waals surface area contributed by atoms with Crippen LogP contribution in [-0.2, 0) is 0 Å². The van der Waals surface area contributed by atoms with Crippen LogP contribution in [0.5, 0.6) is 0 Å². The molecule has 5 heteroatoms. The van der Waals surface area contributed by atoms with Gasteiger partial charge in [-0.3, -0.25) is 0 Å². The van der Waals surface area contributed by atoms with Gasteiger partial charge in [0, 0.05) is 19.6 Å². The Bertz CT molecular complexity index is 96.1. The zero-order chi connectivity index (χ0) is 11.4. The van der Waals surface area contributed by atoms with Crippen molar-refractivity contribution in [3.8, 4) is 0 Å². The Morgan fingerprint density at radius 2 is 1.07 bits per heavy atom. The first-order chi connectivity index (χ1) is 6.58. The second-order valence-electron chi connectivity index (χ2n) is 3.28. The van der Waals surface area contributed by atoms with Crippen molar-refractivity contribution in [3.05, 3.63) is 0 Å². The molecule has 0 heterocycles. The van der Waals surface area contributed by atoms with Crippen molar-refractivity contribution in [2.24, 2.45) is 0 Å². The molecule has 0 unspecified atom stereocenters. The van der Waals surface area contributed by atoms with Crippen LogP contribution in [0.2, 0.25) is 0 Å². The van der Waals surface area contributed by atoms with Gasteiger partial charge in [0.2, 0.25) is 0 Å². The molecular formula is C9H24N2O3. The minimum Gasteiger partial charge on any atom is -0.395 e. The average molecular weight is 208 g/mol. The molecule has 0 saturated carbocycles. The summed E-state index contributed by atoms with van der Waals surface area (Å²) in [6.45, 7) is 2.63. The summed E-state index contributed by atoms with van der Waals surface area (Å²) in [7, 11) is 5.71. The van der Waals surface area contributed by atoms with E-state index in [2.05, 4.69) is 0 Å². The van der Waals surface area contributed by atoms with E-state index in [-0.39, 0.29) is 19.8 Å². The fourth-order valence-corrected chi connectivity index (χ4v) is 0.653. The summed E-state index contributed by atoms with van der Waals surface area (Å²) in [4.78, 5) is 3.79. The lowest BCUT2D eigenvalue weighted by Gasteiger charge is -2.11. The third kappa shape index (κ3) is 17.8. The van der Waals surface area contributed by atoms with Crippen LogP contribution in [0.25, 0.3) is 0 Å². The fourth-order valence-electron chi connectivity index (χ4n) is 0.653. The first-order valence-corrected chi connectivity index (χ1v) is 4.74. The number of hydrogen-bond acceptors (Lipinski definition) is 5. The summed E-state index contributed by atoms with van der Waals surface area (Å²) in [5.41, 5.74) is 0. The van der Waals surface area contributed by atoms with Crippen molar-refractivity contribution in [1.82, 2.24) is 9.80 Å². The van der Waals surface area contributed by atoms with E-state index < -0.39 is 0 Å². The standard InChI is InChI=1S/C5H13NO2.C4H11NO/c1-6(2-4-7)3-5-8;1-5(2)3-4-6/h7-8H,2-5H2,1H3;6H,3-4H2,1-2H3. The molecular weight excluding hydrogens is 184 g/mol. The molecule has 0 aliphatic heterocycles. The van der Waals surface area contributed by atoms with Gasteiger partial charge in [-0.05, 0) is 21.1 Å².